The van der Waals surface area contributed by atoms with E-state index in [1.165, 1.54) is 0 Å². The first kappa shape index (κ1) is 16.4. The number of anilines is 3. The molecule has 1 aromatic heterocycles. The summed E-state index contributed by atoms with van der Waals surface area (Å²) >= 11 is 0. The molecule has 114 valence electrons. The zero-order valence-electron chi connectivity index (χ0n) is 13.1. The van der Waals surface area contributed by atoms with Crippen molar-refractivity contribution in [2.75, 3.05) is 48.8 Å². The number of rotatable bonds is 8. The van der Waals surface area contributed by atoms with Crippen molar-refractivity contribution in [1.82, 2.24) is 15.0 Å². The molecule has 0 spiro atoms. The van der Waals surface area contributed by atoms with Crippen LogP contribution < -0.4 is 15.5 Å². The first-order valence-electron chi connectivity index (χ1n) is 7.07. The van der Waals surface area contributed by atoms with Crippen LogP contribution in [0.25, 0.3) is 0 Å². The van der Waals surface area contributed by atoms with Gasteiger partial charge >= 0.3 is 0 Å². The molecule has 0 fully saturated rings. The van der Waals surface area contributed by atoms with E-state index in [0.717, 1.165) is 13.1 Å². The fraction of sp³-hybridized carbons (Fsp3) is 0.769. The van der Waals surface area contributed by atoms with Gasteiger partial charge < -0.3 is 20.3 Å². The molecule has 0 amide bonds. The number of likely N-dealkylation sites (N-methyl/N-ethyl adjacent to an activating group) is 1. The third-order valence-corrected chi connectivity index (χ3v) is 2.89. The highest BCUT2D eigenvalue weighted by Crippen LogP contribution is 2.14. The number of nitrogens with zero attached hydrogens (tertiary/aromatic N) is 5. The fourth-order valence-electron chi connectivity index (χ4n) is 1.71. The molecule has 0 aliphatic rings. The standard InChI is InChI=1S/C13H26N6O/c1-6-19(7-2)13-16-11(14)15-12(17-13)18(5)8-9-20-10(3)4/h10H,6-9H2,1-5H3,(H2,14,15,16,17). The van der Waals surface area contributed by atoms with E-state index < -0.39 is 0 Å². The van der Waals surface area contributed by atoms with Gasteiger partial charge in [0.15, 0.2) is 0 Å². The van der Waals surface area contributed by atoms with Gasteiger partial charge in [-0.15, -0.1) is 0 Å². The summed E-state index contributed by atoms with van der Waals surface area (Å²) in [4.78, 5) is 16.8. The smallest absolute Gasteiger partial charge is 0.231 e. The third-order valence-electron chi connectivity index (χ3n) is 2.89. The van der Waals surface area contributed by atoms with E-state index in [9.17, 15) is 0 Å². The maximum absolute atomic E-state index is 5.77. The average molecular weight is 282 g/mol. The van der Waals surface area contributed by atoms with E-state index in [1.807, 2.05) is 30.7 Å². The van der Waals surface area contributed by atoms with Crippen molar-refractivity contribution < 1.29 is 4.74 Å². The lowest BCUT2D eigenvalue weighted by atomic mass is 10.5. The van der Waals surface area contributed by atoms with Crippen molar-refractivity contribution in [2.24, 2.45) is 0 Å². The van der Waals surface area contributed by atoms with Crippen LogP contribution in [0.1, 0.15) is 27.7 Å². The molecule has 0 saturated heterocycles. The van der Waals surface area contributed by atoms with Gasteiger partial charge in [-0.05, 0) is 27.7 Å². The van der Waals surface area contributed by atoms with E-state index in [4.69, 9.17) is 10.5 Å². The number of hydrogen-bond acceptors (Lipinski definition) is 7. The van der Waals surface area contributed by atoms with E-state index in [2.05, 4.69) is 28.8 Å². The summed E-state index contributed by atoms with van der Waals surface area (Å²) in [5.74, 6) is 1.44. The molecule has 0 aliphatic carbocycles. The van der Waals surface area contributed by atoms with E-state index in [0.29, 0.717) is 25.0 Å². The summed E-state index contributed by atoms with van der Waals surface area (Å²) in [6, 6.07) is 0. The minimum Gasteiger partial charge on any atom is -0.377 e. The normalized spacial score (nSPS) is 10.9. The summed E-state index contributed by atoms with van der Waals surface area (Å²) < 4.78 is 5.53. The number of ether oxygens (including phenoxy) is 1. The Kier molecular flexibility index (Phi) is 6.44. The highest BCUT2D eigenvalue weighted by Gasteiger charge is 2.12. The Morgan fingerprint density at radius 2 is 1.70 bits per heavy atom. The number of hydrogen-bond donors (Lipinski definition) is 1. The van der Waals surface area contributed by atoms with Crippen LogP contribution in [0.2, 0.25) is 0 Å². The molecule has 2 N–H and O–H groups in total. The molecule has 0 aromatic carbocycles. The molecule has 0 saturated carbocycles. The second kappa shape index (κ2) is 7.84. The molecule has 7 nitrogen and oxygen atoms in total. The molecule has 20 heavy (non-hydrogen) atoms. The Hall–Kier alpha value is -1.63. The predicted molar refractivity (Wildman–Crippen MR) is 82.2 cm³/mol. The maximum Gasteiger partial charge on any atom is 0.231 e. The van der Waals surface area contributed by atoms with E-state index in [-0.39, 0.29) is 12.1 Å². The number of nitrogens with two attached hydrogens (primary N) is 1. The first-order chi connectivity index (χ1) is 9.47. The summed E-state index contributed by atoms with van der Waals surface area (Å²) in [5, 5.41) is 0. The van der Waals surface area contributed by atoms with Crippen LogP contribution in [0.15, 0.2) is 0 Å². The zero-order chi connectivity index (χ0) is 15.1. The Morgan fingerprint density at radius 3 is 2.25 bits per heavy atom. The molecule has 0 bridgehead atoms. The van der Waals surface area contributed by atoms with Crippen molar-refractivity contribution in [3.63, 3.8) is 0 Å². The van der Waals surface area contributed by atoms with Gasteiger partial charge in [0.2, 0.25) is 17.8 Å². The quantitative estimate of drug-likeness (QED) is 0.766. The SMILES string of the molecule is CCN(CC)c1nc(N)nc(N(C)CCOC(C)C)n1. The molecule has 0 atom stereocenters. The predicted octanol–water partition coefficient (Wildman–Crippen LogP) is 1.16. The molecule has 0 aliphatic heterocycles. The lowest BCUT2D eigenvalue weighted by Crippen LogP contribution is -2.29. The lowest BCUT2D eigenvalue weighted by molar-refractivity contribution is 0.0844. The van der Waals surface area contributed by atoms with Crippen LogP contribution >= 0.6 is 0 Å². The maximum atomic E-state index is 5.77. The Bertz CT molecular complexity index is 408. The minimum absolute atomic E-state index is 0.220. The van der Waals surface area contributed by atoms with Crippen LogP contribution in [0.3, 0.4) is 0 Å². The molecular weight excluding hydrogens is 256 g/mol. The summed E-state index contributed by atoms with van der Waals surface area (Å²) in [6.45, 7) is 11.1. The largest absolute Gasteiger partial charge is 0.377 e. The van der Waals surface area contributed by atoms with Crippen LogP contribution in [0.4, 0.5) is 17.8 Å². The molecule has 0 unspecified atom stereocenters. The Morgan fingerprint density at radius 1 is 1.10 bits per heavy atom. The van der Waals surface area contributed by atoms with Gasteiger partial charge in [0.1, 0.15) is 0 Å². The average Bonchev–Trinajstić information content (AvgIpc) is 2.39. The number of aromatic nitrogens is 3. The molecule has 1 heterocycles. The van der Waals surface area contributed by atoms with Gasteiger partial charge in [0.25, 0.3) is 0 Å². The van der Waals surface area contributed by atoms with Crippen LogP contribution in [-0.2, 0) is 4.74 Å². The van der Waals surface area contributed by atoms with Crippen molar-refractivity contribution in [3.8, 4) is 0 Å². The van der Waals surface area contributed by atoms with Gasteiger partial charge in [-0.25, -0.2) is 0 Å². The number of nitrogen functional groups attached to an aromatic ring is 1. The summed E-state index contributed by atoms with van der Waals surface area (Å²) in [5.41, 5.74) is 5.77. The Balaban J connectivity index is 2.78. The molecule has 0 radical (unpaired) electrons. The van der Waals surface area contributed by atoms with Gasteiger partial charge in [-0.2, -0.15) is 15.0 Å². The molecule has 1 rings (SSSR count). The van der Waals surface area contributed by atoms with Gasteiger partial charge in [0.05, 0.1) is 12.7 Å². The first-order valence-corrected chi connectivity index (χ1v) is 7.07. The topological polar surface area (TPSA) is 80.4 Å². The lowest BCUT2D eigenvalue weighted by Gasteiger charge is -2.22. The minimum atomic E-state index is 0.220. The molecular formula is C13H26N6O. The Labute approximate surface area is 121 Å². The highest BCUT2D eigenvalue weighted by molar-refractivity contribution is 5.42. The zero-order valence-corrected chi connectivity index (χ0v) is 13.1. The summed E-state index contributed by atoms with van der Waals surface area (Å²) in [7, 11) is 1.92. The fourth-order valence-corrected chi connectivity index (χ4v) is 1.71. The van der Waals surface area contributed by atoms with Crippen LogP contribution in [0.5, 0.6) is 0 Å². The van der Waals surface area contributed by atoms with Crippen LogP contribution in [0, 0.1) is 0 Å². The molecule has 7 heteroatoms. The second-order valence-electron chi connectivity index (χ2n) is 4.81. The third kappa shape index (κ3) is 4.80. The highest BCUT2D eigenvalue weighted by atomic mass is 16.5. The summed E-state index contributed by atoms with van der Waals surface area (Å²) in [6.07, 6.45) is 0.220. The van der Waals surface area contributed by atoms with Crippen LogP contribution in [-0.4, -0.2) is 54.3 Å². The van der Waals surface area contributed by atoms with Gasteiger partial charge in [-0.1, -0.05) is 0 Å². The van der Waals surface area contributed by atoms with Gasteiger partial charge in [-0.3, -0.25) is 0 Å². The van der Waals surface area contributed by atoms with E-state index >= 15 is 0 Å². The van der Waals surface area contributed by atoms with Crippen molar-refractivity contribution in [2.45, 2.75) is 33.8 Å². The van der Waals surface area contributed by atoms with Crippen molar-refractivity contribution in [1.29, 1.82) is 0 Å². The second-order valence-corrected chi connectivity index (χ2v) is 4.81. The van der Waals surface area contributed by atoms with Gasteiger partial charge in [0, 0.05) is 26.7 Å². The van der Waals surface area contributed by atoms with Crippen molar-refractivity contribution >= 4 is 17.8 Å². The van der Waals surface area contributed by atoms with E-state index in [1.54, 1.807) is 0 Å². The molecule has 1 aromatic rings. The monoisotopic (exact) mass is 282 g/mol. The van der Waals surface area contributed by atoms with Crippen molar-refractivity contribution in [3.05, 3.63) is 0 Å².